The molecule has 0 bridgehead atoms. The van der Waals surface area contributed by atoms with E-state index in [1.54, 1.807) is 0 Å². The summed E-state index contributed by atoms with van der Waals surface area (Å²) in [6.45, 7) is 2.80. The van der Waals surface area contributed by atoms with Crippen LogP contribution in [0.2, 0.25) is 0 Å². The lowest BCUT2D eigenvalue weighted by atomic mass is 9.94. The van der Waals surface area contributed by atoms with Crippen LogP contribution in [0.3, 0.4) is 0 Å². The molecule has 1 amide bonds. The Hall–Kier alpha value is -1.34. The number of aromatic nitrogens is 2. The molecule has 1 unspecified atom stereocenters. The first-order valence-electron chi connectivity index (χ1n) is 6.81. The van der Waals surface area contributed by atoms with Crippen LogP contribution in [-0.4, -0.2) is 33.7 Å². The molecule has 1 saturated carbocycles. The molecule has 0 aromatic carbocycles. The first kappa shape index (κ1) is 15.1. The van der Waals surface area contributed by atoms with Gasteiger partial charge in [-0.1, -0.05) is 18.7 Å². The molecular weight excluding hydrogens is 276 g/mol. The minimum Gasteiger partial charge on any atom is -0.368 e. The molecule has 4 N–H and O–H groups in total. The van der Waals surface area contributed by atoms with E-state index >= 15 is 0 Å². The highest BCUT2D eigenvalue weighted by atomic mass is 32.2. The fourth-order valence-corrected chi connectivity index (χ4v) is 3.36. The van der Waals surface area contributed by atoms with Crippen LogP contribution in [0.5, 0.6) is 0 Å². The molecule has 1 aromatic rings. The van der Waals surface area contributed by atoms with Crippen LogP contribution < -0.4 is 16.6 Å². The van der Waals surface area contributed by atoms with Crippen molar-refractivity contribution in [2.45, 2.75) is 36.9 Å². The number of carbonyl (C=O) groups is 1. The summed E-state index contributed by atoms with van der Waals surface area (Å²) >= 11 is 1.36. The highest BCUT2D eigenvalue weighted by Crippen LogP contribution is 2.42. The van der Waals surface area contributed by atoms with Crippen molar-refractivity contribution in [3.8, 4) is 0 Å². The first-order valence-corrected chi connectivity index (χ1v) is 7.80. The highest BCUT2D eigenvalue weighted by molar-refractivity contribution is 7.99. The molecule has 2 rings (SSSR count). The third-order valence-corrected chi connectivity index (χ3v) is 4.57. The van der Waals surface area contributed by atoms with Gasteiger partial charge in [-0.2, -0.15) is 0 Å². The van der Waals surface area contributed by atoms with Crippen molar-refractivity contribution in [1.82, 2.24) is 15.3 Å². The molecular formula is C13H20N4O2S. The molecule has 0 aliphatic heterocycles. The molecule has 20 heavy (non-hydrogen) atoms. The summed E-state index contributed by atoms with van der Waals surface area (Å²) in [5, 5.41) is 3.83. The minimum atomic E-state index is -0.699. The maximum absolute atomic E-state index is 12.0. The molecule has 1 aliphatic carbocycles. The molecule has 1 atom stereocenters. The predicted molar refractivity (Wildman–Crippen MR) is 78.5 cm³/mol. The van der Waals surface area contributed by atoms with E-state index in [1.165, 1.54) is 24.0 Å². The van der Waals surface area contributed by atoms with Crippen LogP contribution in [0.4, 0.5) is 0 Å². The number of rotatable bonds is 8. The first-order chi connectivity index (χ1) is 9.58. The van der Waals surface area contributed by atoms with E-state index < -0.39 is 5.54 Å². The van der Waals surface area contributed by atoms with Gasteiger partial charge >= 0.3 is 0 Å². The van der Waals surface area contributed by atoms with Crippen molar-refractivity contribution >= 4 is 17.7 Å². The number of hydrogen-bond acceptors (Lipinski definition) is 5. The molecule has 7 heteroatoms. The summed E-state index contributed by atoms with van der Waals surface area (Å²) in [4.78, 5) is 29.9. The fourth-order valence-electron chi connectivity index (χ4n) is 2.20. The monoisotopic (exact) mass is 296 g/mol. The second kappa shape index (κ2) is 6.41. The van der Waals surface area contributed by atoms with Crippen LogP contribution in [-0.2, 0) is 4.79 Å². The summed E-state index contributed by atoms with van der Waals surface area (Å²) in [5.41, 5.74) is 4.75. The lowest BCUT2D eigenvalue weighted by Crippen LogP contribution is -2.59. The highest BCUT2D eigenvalue weighted by Gasteiger charge is 2.49. The summed E-state index contributed by atoms with van der Waals surface area (Å²) in [7, 11) is 0. The molecule has 6 nitrogen and oxygen atoms in total. The number of thioether (sulfide) groups is 1. The fraction of sp³-hybridized carbons (Fsp3) is 0.615. The maximum atomic E-state index is 12.0. The predicted octanol–water partition coefficient (Wildman–Crippen LogP) is 0.496. The number of primary amides is 1. The van der Waals surface area contributed by atoms with Crippen molar-refractivity contribution in [3.63, 3.8) is 0 Å². The largest absolute Gasteiger partial charge is 0.368 e. The van der Waals surface area contributed by atoms with E-state index in [2.05, 4.69) is 22.2 Å². The quantitative estimate of drug-likeness (QED) is 0.479. The summed E-state index contributed by atoms with van der Waals surface area (Å²) in [6, 6.07) is 1.36. The summed E-state index contributed by atoms with van der Waals surface area (Å²) in [6.07, 6.45) is 4.43. The summed E-state index contributed by atoms with van der Waals surface area (Å²) < 4.78 is 0. The number of hydrogen-bond donors (Lipinski definition) is 3. The van der Waals surface area contributed by atoms with Gasteiger partial charge in [0.2, 0.25) is 5.91 Å². The molecule has 1 heterocycles. The van der Waals surface area contributed by atoms with Crippen molar-refractivity contribution in [1.29, 1.82) is 0 Å². The zero-order chi connectivity index (χ0) is 14.6. The number of H-pyrrole nitrogens is 1. The topological polar surface area (TPSA) is 101 Å². The normalized spacial score (nSPS) is 17.6. The van der Waals surface area contributed by atoms with Gasteiger partial charge in [-0.3, -0.25) is 9.59 Å². The van der Waals surface area contributed by atoms with Crippen molar-refractivity contribution in [3.05, 3.63) is 22.6 Å². The van der Waals surface area contributed by atoms with Crippen LogP contribution >= 0.6 is 11.8 Å². The Morgan fingerprint density at radius 2 is 2.40 bits per heavy atom. The maximum Gasteiger partial charge on any atom is 0.251 e. The van der Waals surface area contributed by atoms with Crippen LogP contribution in [0.1, 0.15) is 26.2 Å². The van der Waals surface area contributed by atoms with Gasteiger partial charge in [-0.25, -0.2) is 4.98 Å². The molecule has 1 fully saturated rings. The SMILES string of the molecule is CCCNC(CSc1nccc(=O)[nH]1)(C(N)=O)C1CC1. The van der Waals surface area contributed by atoms with Gasteiger partial charge in [0.05, 0.1) is 0 Å². The van der Waals surface area contributed by atoms with Gasteiger partial charge in [0.15, 0.2) is 5.16 Å². The van der Waals surface area contributed by atoms with Gasteiger partial charge in [0, 0.05) is 18.0 Å². The van der Waals surface area contributed by atoms with Gasteiger partial charge in [-0.15, -0.1) is 0 Å². The number of carbonyl (C=O) groups excluding carboxylic acids is 1. The lowest BCUT2D eigenvalue weighted by molar-refractivity contribution is -0.124. The van der Waals surface area contributed by atoms with Crippen LogP contribution in [0.15, 0.2) is 22.2 Å². The van der Waals surface area contributed by atoms with E-state index in [-0.39, 0.29) is 17.4 Å². The Kier molecular flexibility index (Phi) is 4.82. The number of aromatic amines is 1. The Morgan fingerprint density at radius 3 is 2.95 bits per heavy atom. The number of nitrogens with zero attached hydrogens (tertiary/aromatic N) is 1. The Labute approximate surface area is 121 Å². The average Bonchev–Trinajstić information content (AvgIpc) is 3.24. The molecule has 1 aromatic heterocycles. The molecule has 0 radical (unpaired) electrons. The molecule has 110 valence electrons. The molecule has 0 saturated heterocycles. The van der Waals surface area contributed by atoms with Crippen LogP contribution in [0.25, 0.3) is 0 Å². The van der Waals surface area contributed by atoms with Gasteiger partial charge in [0.25, 0.3) is 5.56 Å². The zero-order valence-electron chi connectivity index (χ0n) is 11.5. The van der Waals surface area contributed by atoms with E-state index in [0.29, 0.717) is 10.9 Å². The van der Waals surface area contributed by atoms with Gasteiger partial charge in [0.1, 0.15) is 5.54 Å². The van der Waals surface area contributed by atoms with Crippen LogP contribution in [0, 0.1) is 5.92 Å². The number of amides is 1. The third-order valence-electron chi connectivity index (χ3n) is 3.49. The lowest BCUT2D eigenvalue weighted by Gasteiger charge is -2.31. The van der Waals surface area contributed by atoms with Gasteiger partial charge < -0.3 is 16.0 Å². The second-order valence-corrected chi connectivity index (χ2v) is 6.03. The Balaban J connectivity index is 2.11. The van der Waals surface area contributed by atoms with Crippen molar-refractivity contribution in [2.75, 3.05) is 12.3 Å². The smallest absolute Gasteiger partial charge is 0.251 e. The summed E-state index contributed by atoms with van der Waals surface area (Å²) in [5.74, 6) is 0.452. The number of nitrogens with two attached hydrogens (primary N) is 1. The Morgan fingerprint density at radius 1 is 1.65 bits per heavy atom. The van der Waals surface area contributed by atoms with E-state index in [9.17, 15) is 9.59 Å². The van der Waals surface area contributed by atoms with E-state index in [0.717, 1.165) is 25.8 Å². The molecule has 0 spiro atoms. The minimum absolute atomic E-state index is 0.194. The average molecular weight is 296 g/mol. The second-order valence-electron chi connectivity index (χ2n) is 5.06. The molecule has 1 aliphatic rings. The van der Waals surface area contributed by atoms with E-state index in [1.807, 2.05) is 0 Å². The third kappa shape index (κ3) is 3.40. The number of nitrogens with one attached hydrogen (secondary N) is 2. The van der Waals surface area contributed by atoms with Crippen molar-refractivity contribution in [2.24, 2.45) is 11.7 Å². The van der Waals surface area contributed by atoms with E-state index in [4.69, 9.17) is 5.73 Å². The van der Waals surface area contributed by atoms with Gasteiger partial charge in [-0.05, 0) is 31.7 Å². The Bertz CT molecular complexity index is 529. The van der Waals surface area contributed by atoms with Crippen molar-refractivity contribution < 1.29 is 4.79 Å². The standard InChI is InChI=1S/C13H20N4O2S/c1-2-6-16-13(11(14)19,9-3-4-9)8-20-12-15-7-5-10(18)17-12/h5,7,9,16H,2-4,6,8H2,1H3,(H2,14,19)(H,15,17,18). The zero-order valence-corrected chi connectivity index (χ0v) is 12.3.